The van der Waals surface area contributed by atoms with Crippen LogP contribution in [0.15, 0.2) is 35.5 Å². The molecular weight excluding hydrogens is 358 g/mol. The standard InChI is InChI=1S/C16H21N5O4S/c1-12(15-19-17-11-20(15)2)18-16(22)13-4-3-5-14(10-13)26(23,24)21-6-8-25-9-7-21/h3-5,10-12H,6-9H2,1-2H3,(H,18,22)/t12-/m1/s1. The monoisotopic (exact) mass is 379 g/mol. The van der Waals surface area contributed by atoms with Crippen molar-refractivity contribution < 1.29 is 17.9 Å². The SMILES string of the molecule is C[C@@H](NC(=O)c1cccc(S(=O)(=O)N2CCOCC2)c1)c1nncn1C. The molecule has 2 aromatic rings. The average Bonchev–Trinajstić information content (AvgIpc) is 3.08. The molecule has 1 fully saturated rings. The van der Waals surface area contributed by atoms with E-state index in [1.807, 2.05) is 0 Å². The van der Waals surface area contributed by atoms with Gasteiger partial charge >= 0.3 is 0 Å². The minimum atomic E-state index is -3.65. The fourth-order valence-electron chi connectivity index (χ4n) is 2.76. The summed E-state index contributed by atoms with van der Waals surface area (Å²) in [4.78, 5) is 12.6. The topological polar surface area (TPSA) is 106 Å². The van der Waals surface area contributed by atoms with Gasteiger partial charge in [-0.1, -0.05) is 6.07 Å². The summed E-state index contributed by atoms with van der Waals surface area (Å²) in [5.74, 6) is 0.231. The summed E-state index contributed by atoms with van der Waals surface area (Å²) in [5.41, 5.74) is 0.272. The molecule has 0 saturated carbocycles. The molecule has 26 heavy (non-hydrogen) atoms. The van der Waals surface area contributed by atoms with Gasteiger partial charge in [0.2, 0.25) is 10.0 Å². The third kappa shape index (κ3) is 3.76. The first kappa shape index (κ1) is 18.5. The number of benzene rings is 1. The maximum atomic E-state index is 12.7. The van der Waals surface area contributed by atoms with Gasteiger partial charge < -0.3 is 14.6 Å². The average molecular weight is 379 g/mol. The molecule has 0 aliphatic carbocycles. The number of sulfonamides is 1. The van der Waals surface area contributed by atoms with Crippen molar-refractivity contribution in [2.45, 2.75) is 17.9 Å². The zero-order valence-electron chi connectivity index (χ0n) is 14.6. The van der Waals surface area contributed by atoms with Crippen LogP contribution in [0.2, 0.25) is 0 Å². The first-order valence-electron chi connectivity index (χ1n) is 8.22. The molecule has 1 aromatic heterocycles. The number of carbonyl (C=O) groups excluding carboxylic acids is 1. The maximum Gasteiger partial charge on any atom is 0.251 e. The van der Waals surface area contributed by atoms with E-state index in [-0.39, 0.29) is 22.4 Å². The second-order valence-corrected chi connectivity index (χ2v) is 7.98. The number of carbonyl (C=O) groups is 1. The first-order chi connectivity index (χ1) is 12.4. The lowest BCUT2D eigenvalue weighted by molar-refractivity contribution is 0.0730. The van der Waals surface area contributed by atoms with Crippen LogP contribution >= 0.6 is 0 Å². The molecule has 0 spiro atoms. The number of aromatic nitrogens is 3. The Morgan fingerprint density at radius 2 is 2.04 bits per heavy atom. The molecular formula is C16H21N5O4S. The molecule has 0 bridgehead atoms. The molecule has 2 heterocycles. The molecule has 10 heteroatoms. The Morgan fingerprint density at radius 3 is 2.69 bits per heavy atom. The molecule has 1 aliphatic heterocycles. The van der Waals surface area contributed by atoms with Crippen LogP contribution < -0.4 is 5.32 Å². The quantitative estimate of drug-likeness (QED) is 0.802. The smallest absolute Gasteiger partial charge is 0.251 e. The molecule has 1 atom stereocenters. The Labute approximate surface area is 152 Å². The number of nitrogens with zero attached hydrogens (tertiary/aromatic N) is 4. The van der Waals surface area contributed by atoms with E-state index in [1.165, 1.54) is 16.4 Å². The van der Waals surface area contributed by atoms with Gasteiger partial charge in [0.25, 0.3) is 5.91 Å². The van der Waals surface area contributed by atoms with E-state index >= 15 is 0 Å². The van der Waals surface area contributed by atoms with Crippen molar-refractivity contribution in [2.75, 3.05) is 26.3 Å². The normalized spacial score (nSPS) is 17.0. The van der Waals surface area contributed by atoms with Crippen molar-refractivity contribution >= 4 is 15.9 Å². The molecule has 1 aliphatic rings. The summed E-state index contributed by atoms with van der Waals surface area (Å²) in [6, 6.07) is 5.67. The van der Waals surface area contributed by atoms with E-state index in [2.05, 4.69) is 15.5 Å². The summed E-state index contributed by atoms with van der Waals surface area (Å²) in [5, 5.41) is 10.6. The van der Waals surface area contributed by atoms with Crippen LogP contribution in [-0.2, 0) is 21.8 Å². The number of hydrogen-bond acceptors (Lipinski definition) is 6. The first-order valence-corrected chi connectivity index (χ1v) is 9.66. The van der Waals surface area contributed by atoms with Gasteiger partial charge in [0.05, 0.1) is 24.2 Å². The van der Waals surface area contributed by atoms with Crippen LogP contribution in [0.4, 0.5) is 0 Å². The molecule has 1 aromatic carbocycles. The molecule has 1 saturated heterocycles. The van der Waals surface area contributed by atoms with Crippen molar-refractivity contribution in [2.24, 2.45) is 7.05 Å². The highest BCUT2D eigenvalue weighted by atomic mass is 32.2. The summed E-state index contributed by atoms with van der Waals surface area (Å²) >= 11 is 0. The Balaban J connectivity index is 1.78. The highest BCUT2D eigenvalue weighted by molar-refractivity contribution is 7.89. The van der Waals surface area contributed by atoms with Crippen molar-refractivity contribution in [3.8, 4) is 0 Å². The number of aryl methyl sites for hydroxylation is 1. The summed E-state index contributed by atoms with van der Waals surface area (Å²) in [6.07, 6.45) is 1.55. The van der Waals surface area contributed by atoms with Gasteiger partial charge in [0, 0.05) is 25.7 Å². The van der Waals surface area contributed by atoms with E-state index in [9.17, 15) is 13.2 Å². The predicted molar refractivity (Wildman–Crippen MR) is 92.9 cm³/mol. The van der Waals surface area contributed by atoms with Gasteiger partial charge in [0.15, 0.2) is 5.82 Å². The van der Waals surface area contributed by atoms with E-state index in [1.54, 1.807) is 37.0 Å². The molecule has 1 amide bonds. The summed E-state index contributed by atoms with van der Waals surface area (Å²) < 4.78 is 33.7. The fraction of sp³-hybridized carbons (Fsp3) is 0.438. The number of morpholine rings is 1. The third-order valence-electron chi connectivity index (χ3n) is 4.19. The number of hydrogen-bond donors (Lipinski definition) is 1. The minimum absolute atomic E-state index is 0.0957. The van der Waals surface area contributed by atoms with Crippen LogP contribution in [0.25, 0.3) is 0 Å². The second-order valence-electron chi connectivity index (χ2n) is 6.04. The fourth-order valence-corrected chi connectivity index (χ4v) is 4.22. The molecule has 3 rings (SSSR count). The van der Waals surface area contributed by atoms with Crippen LogP contribution in [0.1, 0.15) is 29.1 Å². The van der Waals surface area contributed by atoms with Crippen molar-refractivity contribution in [1.29, 1.82) is 0 Å². The third-order valence-corrected chi connectivity index (χ3v) is 6.08. The van der Waals surface area contributed by atoms with Gasteiger partial charge in [-0.15, -0.1) is 10.2 Å². The predicted octanol–water partition coefficient (Wildman–Crippen LogP) is 0.327. The lowest BCUT2D eigenvalue weighted by Crippen LogP contribution is -2.40. The number of rotatable bonds is 5. The van der Waals surface area contributed by atoms with E-state index in [4.69, 9.17) is 4.74 Å². The number of nitrogens with one attached hydrogen (secondary N) is 1. The van der Waals surface area contributed by atoms with Gasteiger partial charge in [-0.2, -0.15) is 4.31 Å². The zero-order chi connectivity index (χ0) is 18.7. The van der Waals surface area contributed by atoms with Crippen LogP contribution in [0.3, 0.4) is 0 Å². The highest BCUT2D eigenvalue weighted by Crippen LogP contribution is 2.19. The highest BCUT2D eigenvalue weighted by Gasteiger charge is 2.27. The Bertz CT molecular complexity index is 890. The molecule has 140 valence electrons. The summed E-state index contributed by atoms with van der Waals surface area (Å²) in [7, 11) is -1.86. The Morgan fingerprint density at radius 1 is 1.31 bits per heavy atom. The van der Waals surface area contributed by atoms with Gasteiger partial charge in [0.1, 0.15) is 6.33 Å². The lowest BCUT2D eigenvalue weighted by atomic mass is 10.2. The Hall–Kier alpha value is -2.30. The Kier molecular flexibility index (Phi) is 5.35. The van der Waals surface area contributed by atoms with Crippen LogP contribution in [-0.4, -0.2) is 59.7 Å². The van der Waals surface area contributed by atoms with Crippen LogP contribution in [0.5, 0.6) is 0 Å². The van der Waals surface area contributed by atoms with Gasteiger partial charge in [-0.25, -0.2) is 8.42 Å². The second kappa shape index (κ2) is 7.52. The van der Waals surface area contributed by atoms with E-state index in [0.717, 1.165) is 0 Å². The van der Waals surface area contributed by atoms with E-state index < -0.39 is 10.0 Å². The molecule has 0 radical (unpaired) electrons. The minimum Gasteiger partial charge on any atom is -0.379 e. The van der Waals surface area contributed by atoms with Crippen molar-refractivity contribution in [3.05, 3.63) is 42.0 Å². The van der Waals surface area contributed by atoms with E-state index in [0.29, 0.717) is 32.1 Å². The summed E-state index contributed by atoms with van der Waals surface area (Å²) in [6.45, 7) is 3.14. The van der Waals surface area contributed by atoms with Crippen molar-refractivity contribution in [3.63, 3.8) is 0 Å². The largest absolute Gasteiger partial charge is 0.379 e. The molecule has 9 nitrogen and oxygen atoms in total. The molecule has 0 unspecified atom stereocenters. The number of amides is 1. The lowest BCUT2D eigenvalue weighted by Gasteiger charge is -2.26. The number of ether oxygens (including phenoxy) is 1. The van der Waals surface area contributed by atoms with Crippen LogP contribution in [0, 0.1) is 0 Å². The zero-order valence-corrected chi connectivity index (χ0v) is 15.4. The van der Waals surface area contributed by atoms with Gasteiger partial charge in [-0.3, -0.25) is 4.79 Å². The molecule has 1 N–H and O–H groups in total. The maximum absolute atomic E-state index is 12.7. The van der Waals surface area contributed by atoms with Crippen molar-refractivity contribution in [1.82, 2.24) is 24.4 Å². The van der Waals surface area contributed by atoms with Gasteiger partial charge in [-0.05, 0) is 25.1 Å².